The van der Waals surface area contributed by atoms with E-state index in [9.17, 15) is 4.79 Å². The van der Waals surface area contributed by atoms with Crippen LogP contribution in [0.5, 0.6) is 0 Å². The number of halogens is 1. The van der Waals surface area contributed by atoms with E-state index in [1.54, 1.807) is 0 Å². The van der Waals surface area contributed by atoms with Gasteiger partial charge in [0.15, 0.2) is 0 Å². The van der Waals surface area contributed by atoms with Gasteiger partial charge in [-0.1, -0.05) is 28.1 Å². The Morgan fingerprint density at radius 1 is 1.27 bits per heavy atom. The standard InChI is InChI=1S/C12H18BrNO/c1-12(2,13)11(15)14-7-9-5-3-4-6-10(9)8-14/h3-4,9-10H,5-8H2,1-2H3. The summed E-state index contributed by atoms with van der Waals surface area (Å²) in [5, 5.41) is 0. The van der Waals surface area contributed by atoms with E-state index in [1.165, 1.54) is 0 Å². The van der Waals surface area contributed by atoms with Crippen molar-refractivity contribution in [3.05, 3.63) is 12.2 Å². The average Bonchev–Trinajstić information content (AvgIpc) is 2.58. The number of amides is 1. The summed E-state index contributed by atoms with van der Waals surface area (Å²) >= 11 is 3.45. The number of rotatable bonds is 1. The molecule has 1 aliphatic heterocycles. The van der Waals surface area contributed by atoms with Crippen LogP contribution in [0, 0.1) is 11.8 Å². The molecular formula is C12H18BrNO. The van der Waals surface area contributed by atoms with Gasteiger partial charge in [-0.3, -0.25) is 4.79 Å². The molecule has 0 saturated carbocycles. The minimum absolute atomic E-state index is 0.233. The van der Waals surface area contributed by atoms with E-state index in [1.807, 2.05) is 18.7 Å². The number of likely N-dealkylation sites (tertiary alicyclic amines) is 1. The van der Waals surface area contributed by atoms with Crippen molar-refractivity contribution in [1.82, 2.24) is 4.90 Å². The zero-order valence-corrected chi connectivity index (χ0v) is 11.0. The fourth-order valence-electron chi connectivity index (χ4n) is 2.56. The summed E-state index contributed by atoms with van der Waals surface area (Å²) < 4.78 is -0.409. The number of alkyl halides is 1. The maximum Gasteiger partial charge on any atom is 0.238 e. The first kappa shape index (κ1) is 11.2. The van der Waals surface area contributed by atoms with Crippen LogP contribution < -0.4 is 0 Å². The van der Waals surface area contributed by atoms with Gasteiger partial charge < -0.3 is 4.90 Å². The topological polar surface area (TPSA) is 20.3 Å². The van der Waals surface area contributed by atoms with Crippen molar-refractivity contribution in [2.45, 2.75) is 31.0 Å². The summed E-state index contributed by atoms with van der Waals surface area (Å²) in [5.74, 6) is 1.64. The van der Waals surface area contributed by atoms with Gasteiger partial charge in [-0.2, -0.15) is 0 Å². The Balaban J connectivity index is 2.02. The van der Waals surface area contributed by atoms with Crippen LogP contribution in [0.3, 0.4) is 0 Å². The zero-order valence-electron chi connectivity index (χ0n) is 9.37. The number of nitrogens with zero attached hydrogens (tertiary/aromatic N) is 1. The monoisotopic (exact) mass is 271 g/mol. The molecule has 0 aromatic carbocycles. The highest BCUT2D eigenvalue weighted by Crippen LogP contribution is 2.34. The third-order valence-electron chi connectivity index (χ3n) is 3.42. The molecule has 1 amide bonds. The highest BCUT2D eigenvalue weighted by atomic mass is 79.9. The molecule has 1 saturated heterocycles. The van der Waals surface area contributed by atoms with E-state index in [0.717, 1.165) is 25.9 Å². The van der Waals surface area contributed by atoms with Crippen LogP contribution in [-0.2, 0) is 4.79 Å². The Morgan fingerprint density at radius 3 is 2.13 bits per heavy atom. The number of carbonyl (C=O) groups is 1. The summed E-state index contributed by atoms with van der Waals surface area (Å²) in [6, 6.07) is 0. The molecule has 15 heavy (non-hydrogen) atoms. The van der Waals surface area contributed by atoms with Gasteiger partial charge in [0.25, 0.3) is 0 Å². The molecule has 2 nitrogen and oxygen atoms in total. The quantitative estimate of drug-likeness (QED) is 0.530. The van der Waals surface area contributed by atoms with Crippen molar-refractivity contribution >= 4 is 21.8 Å². The van der Waals surface area contributed by atoms with Crippen LogP contribution in [-0.4, -0.2) is 28.2 Å². The molecule has 2 unspecified atom stereocenters. The second-order valence-corrected chi connectivity index (χ2v) is 7.13. The average molecular weight is 272 g/mol. The largest absolute Gasteiger partial charge is 0.341 e. The van der Waals surface area contributed by atoms with Crippen LogP contribution in [0.4, 0.5) is 0 Å². The first-order chi connectivity index (χ1) is 6.98. The fraction of sp³-hybridized carbons (Fsp3) is 0.750. The second-order valence-electron chi connectivity index (χ2n) is 5.15. The number of fused-ring (bicyclic) bond motifs is 1. The van der Waals surface area contributed by atoms with Crippen LogP contribution in [0.2, 0.25) is 0 Å². The summed E-state index contributed by atoms with van der Waals surface area (Å²) in [7, 11) is 0. The number of hydrogen-bond acceptors (Lipinski definition) is 1. The van der Waals surface area contributed by atoms with Gasteiger partial charge >= 0.3 is 0 Å². The van der Waals surface area contributed by atoms with Gasteiger partial charge in [0, 0.05) is 13.1 Å². The van der Waals surface area contributed by atoms with E-state index in [2.05, 4.69) is 28.1 Å². The molecule has 1 aliphatic carbocycles. The molecule has 0 N–H and O–H groups in total. The van der Waals surface area contributed by atoms with Crippen LogP contribution in [0.15, 0.2) is 12.2 Å². The Hall–Kier alpha value is -0.310. The van der Waals surface area contributed by atoms with E-state index in [4.69, 9.17) is 0 Å². The van der Waals surface area contributed by atoms with E-state index in [0.29, 0.717) is 11.8 Å². The lowest BCUT2D eigenvalue weighted by molar-refractivity contribution is -0.131. The lowest BCUT2D eigenvalue weighted by atomic mass is 9.86. The van der Waals surface area contributed by atoms with Crippen LogP contribution in [0.1, 0.15) is 26.7 Å². The molecule has 84 valence electrons. The zero-order chi connectivity index (χ0) is 11.1. The molecule has 0 aromatic heterocycles. The molecule has 0 bridgehead atoms. The fourth-order valence-corrected chi connectivity index (χ4v) is 2.81. The molecular weight excluding hydrogens is 254 g/mol. The van der Waals surface area contributed by atoms with E-state index >= 15 is 0 Å². The van der Waals surface area contributed by atoms with Crippen molar-refractivity contribution in [1.29, 1.82) is 0 Å². The molecule has 2 rings (SSSR count). The Morgan fingerprint density at radius 2 is 1.73 bits per heavy atom. The predicted molar refractivity (Wildman–Crippen MR) is 64.9 cm³/mol. The number of allylic oxidation sites excluding steroid dienone is 2. The summed E-state index contributed by atoms with van der Waals surface area (Å²) in [4.78, 5) is 14.1. The van der Waals surface area contributed by atoms with Crippen molar-refractivity contribution in [3.63, 3.8) is 0 Å². The lowest BCUT2D eigenvalue weighted by Crippen LogP contribution is -2.40. The molecule has 1 fully saturated rings. The van der Waals surface area contributed by atoms with Crippen molar-refractivity contribution in [2.75, 3.05) is 13.1 Å². The van der Waals surface area contributed by atoms with Gasteiger partial charge in [-0.25, -0.2) is 0 Å². The maximum absolute atomic E-state index is 12.1. The van der Waals surface area contributed by atoms with Gasteiger partial charge in [-0.05, 0) is 38.5 Å². The third kappa shape index (κ3) is 2.27. The van der Waals surface area contributed by atoms with E-state index in [-0.39, 0.29) is 5.91 Å². The van der Waals surface area contributed by atoms with Crippen molar-refractivity contribution in [3.8, 4) is 0 Å². The van der Waals surface area contributed by atoms with Crippen molar-refractivity contribution < 1.29 is 4.79 Å². The molecule has 1 heterocycles. The van der Waals surface area contributed by atoms with Crippen LogP contribution in [0.25, 0.3) is 0 Å². The highest BCUT2D eigenvalue weighted by molar-refractivity contribution is 9.10. The Bertz CT molecular complexity index is 276. The summed E-state index contributed by atoms with van der Waals surface area (Å²) in [5.41, 5.74) is 0. The second kappa shape index (κ2) is 3.93. The number of carbonyl (C=O) groups excluding carboxylic acids is 1. The SMILES string of the molecule is CC(C)(Br)C(=O)N1CC2CC=CCC2C1. The van der Waals surface area contributed by atoms with Gasteiger partial charge in [0.05, 0.1) is 4.32 Å². The summed E-state index contributed by atoms with van der Waals surface area (Å²) in [6.07, 6.45) is 6.82. The molecule has 0 radical (unpaired) electrons. The van der Waals surface area contributed by atoms with Gasteiger partial charge in [-0.15, -0.1) is 0 Å². The Kier molecular flexibility index (Phi) is 2.93. The molecule has 2 atom stereocenters. The third-order valence-corrected chi connectivity index (χ3v) is 3.76. The first-order valence-electron chi connectivity index (χ1n) is 5.62. The highest BCUT2D eigenvalue weighted by Gasteiger charge is 2.39. The minimum atomic E-state index is -0.409. The smallest absolute Gasteiger partial charge is 0.238 e. The lowest BCUT2D eigenvalue weighted by Gasteiger charge is -2.24. The maximum atomic E-state index is 12.1. The first-order valence-corrected chi connectivity index (χ1v) is 6.41. The minimum Gasteiger partial charge on any atom is -0.341 e. The van der Waals surface area contributed by atoms with Gasteiger partial charge in [0.1, 0.15) is 0 Å². The molecule has 3 heteroatoms. The predicted octanol–water partition coefficient (Wildman–Crippen LogP) is 2.58. The number of hydrogen-bond donors (Lipinski definition) is 0. The normalized spacial score (nSPS) is 30.5. The van der Waals surface area contributed by atoms with Crippen molar-refractivity contribution in [2.24, 2.45) is 11.8 Å². The summed E-state index contributed by atoms with van der Waals surface area (Å²) in [6.45, 7) is 5.75. The van der Waals surface area contributed by atoms with E-state index < -0.39 is 4.32 Å². The molecule has 2 aliphatic rings. The molecule has 0 aromatic rings. The Labute approximate surface area is 99.8 Å². The van der Waals surface area contributed by atoms with Crippen LogP contribution >= 0.6 is 15.9 Å². The molecule has 0 spiro atoms. The van der Waals surface area contributed by atoms with Gasteiger partial charge in [0.2, 0.25) is 5.91 Å².